The smallest absolute Gasteiger partial charge is 0.330 e. The van der Waals surface area contributed by atoms with Crippen LogP contribution in [0, 0.1) is 0 Å². The fraction of sp³-hybridized carbons (Fsp3) is 0.571. The second-order valence-electron chi connectivity index (χ2n) is 6.51. The van der Waals surface area contributed by atoms with Crippen molar-refractivity contribution in [3.05, 3.63) is 46.6 Å². The zero-order valence-electron chi connectivity index (χ0n) is 15.9. The maximum absolute atomic E-state index is 11.1. The maximum atomic E-state index is 11.1. The molecule has 0 fully saturated rings. The minimum absolute atomic E-state index is 0.267. The number of hydrogen-bond donors (Lipinski definition) is 0. The van der Waals surface area contributed by atoms with Gasteiger partial charge < -0.3 is 4.74 Å². The highest BCUT2D eigenvalue weighted by molar-refractivity contribution is 5.82. The van der Waals surface area contributed by atoms with Crippen molar-refractivity contribution < 1.29 is 9.53 Å². The maximum Gasteiger partial charge on any atom is 0.330 e. The molecule has 0 amide bonds. The molecule has 0 aliphatic carbocycles. The van der Waals surface area contributed by atoms with E-state index in [2.05, 4.69) is 50.7 Å². The van der Waals surface area contributed by atoms with E-state index in [0.29, 0.717) is 0 Å². The molecular formula is C21H34O2. The second kappa shape index (κ2) is 12.9. The number of ether oxygens (including phenoxy) is 1. The topological polar surface area (TPSA) is 26.3 Å². The van der Waals surface area contributed by atoms with Crippen LogP contribution in [0.15, 0.2) is 46.6 Å². The van der Waals surface area contributed by atoms with Crippen LogP contribution in [0.2, 0.25) is 0 Å². The summed E-state index contributed by atoms with van der Waals surface area (Å²) in [5.41, 5.74) is 5.36. The molecule has 0 aromatic rings. The van der Waals surface area contributed by atoms with E-state index < -0.39 is 0 Å². The van der Waals surface area contributed by atoms with E-state index >= 15 is 0 Å². The number of rotatable bonds is 10. The predicted molar refractivity (Wildman–Crippen MR) is 100 cm³/mol. The van der Waals surface area contributed by atoms with E-state index in [1.165, 1.54) is 23.8 Å². The molecule has 0 aromatic heterocycles. The molecule has 0 bridgehead atoms. The Balaban J connectivity index is 4.05. The Labute approximate surface area is 143 Å². The first-order valence-electron chi connectivity index (χ1n) is 8.55. The minimum Gasteiger partial charge on any atom is -0.466 e. The van der Waals surface area contributed by atoms with Crippen LogP contribution >= 0.6 is 0 Å². The molecule has 0 aliphatic rings. The lowest BCUT2D eigenvalue weighted by Gasteiger charge is -2.02. The van der Waals surface area contributed by atoms with Gasteiger partial charge in [-0.3, -0.25) is 0 Å². The molecule has 0 aliphatic heterocycles. The average Bonchev–Trinajstić information content (AvgIpc) is 2.46. The standard InChI is InChI=1S/C21H34O2/c1-17(2)10-7-11-18(3)12-8-13-19(4)14-9-15-20(5)16-21(22)23-6/h10,12,14,16H,7-9,11,13,15H2,1-6H3/b18-12+,19-14+,20-16-. The SMILES string of the molecule is COC(=O)/C=C(/C)CC/C=C(\C)CC/C=C(\C)CCC=C(C)C. The lowest BCUT2D eigenvalue weighted by Crippen LogP contribution is -1.95. The van der Waals surface area contributed by atoms with Crippen LogP contribution in [0.1, 0.15) is 73.1 Å². The van der Waals surface area contributed by atoms with E-state index in [1.54, 1.807) is 6.08 Å². The van der Waals surface area contributed by atoms with Crippen molar-refractivity contribution >= 4 is 5.97 Å². The second-order valence-corrected chi connectivity index (χ2v) is 6.51. The molecule has 2 nitrogen and oxygen atoms in total. The number of hydrogen-bond acceptors (Lipinski definition) is 2. The van der Waals surface area contributed by atoms with Crippen molar-refractivity contribution in [2.24, 2.45) is 0 Å². The molecule has 0 unspecified atom stereocenters. The Bertz CT molecular complexity index is 472. The van der Waals surface area contributed by atoms with E-state index in [0.717, 1.165) is 44.1 Å². The van der Waals surface area contributed by atoms with Crippen LogP contribution < -0.4 is 0 Å². The van der Waals surface area contributed by atoms with Gasteiger partial charge in [0.05, 0.1) is 7.11 Å². The van der Waals surface area contributed by atoms with Crippen LogP contribution in [0.25, 0.3) is 0 Å². The minimum atomic E-state index is -0.267. The van der Waals surface area contributed by atoms with Gasteiger partial charge >= 0.3 is 5.97 Å². The Kier molecular flexibility index (Phi) is 12.0. The van der Waals surface area contributed by atoms with Gasteiger partial charge in [0, 0.05) is 6.08 Å². The average molecular weight is 319 g/mol. The molecule has 23 heavy (non-hydrogen) atoms. The van der Waals surface area contributed by atoms with E-state index in [4.69, 9.17) is 0 Å². The predicted octanol–water partition coefficient (Wildman–Crippen LogP) is 6.31. The Morgan fingerprint density at radius 2 is 1.17 bits per heavy atom. The highest BCUT2D eigenvalue weighted by Crippen LogP contribution is 2.13. The summed E-state index contributed by atoms with van der Waals surface area (Å²) < 4.78 is 4.62. The molecule has 0 heterocycles. The highest BCUT2D eigenvalue weighted by atomic mass is 16.5. The van der Waals surface area contributed by atoms with E-state index in [9.17, 15) is 4.79 Å². The van der Waals surface area contributed by atoms with Gasteiger partial charge in [-0.05, 0) is 73.1 Å². The molecule has 0 aromatic carbocycles. The zero-order chi connectivity index (χ0) is 17.7. The van der Waals surface area contributed by atoms with Gasteiger partial charge in [0.25, 0.3) is 0 Å². The lowest BCUT2D eigenvalue weighted by atomic mass is 10.0. The first-order valence-corrected chi connectivity index (χ1v) is 8.55. The Morgan fingerprint density at radius 3 is 1.61 bits per heavy atom. The number of allylic oxidation sites excluding steroid dienone is 7. The number of carbonyl (C=O) groups excluding carboxylic acids is 1. The largest absolute Gasteiger partial charge is 0.466 e. The Hall–Kier alpha value is -1.57. The third-order valence-electron chi connectivity index (χ3n) is 3.72. The van der Waals surface area contributed by atoms with Crippen LogP contribution in [-0.4, -0.2) is 13.1 Å². The van der Waals surface area contributed by atoms with Crippen LogP contribution in [0.4, 0.5) is 0 Å². The molecule has 130 valence electrons. The molecule has 0 spiro atoms. The monoisotopic (exact) mass is 318 g/mol. The van der Waals surface area contributed by atoms with E-state index in [1.807, 2.05) is 6.92 Å². The fourth-order valence-corrected chi connectivity index (χ4v) is 2.22. The zero-order valence-corrected chi connectivity index (χ0v) is 15.9. The van der Waals surface area contributed by atoms with Crippen molar-refractivity contribution in [2.75, 3.05) is 7.11 Å². The summed E-state index contributed by atoms with van der Waals surface area (Å²) in [6, 6.07) is 0. The summed E-state index contributed by atoms with van der Waals surface area (Å²) in [7, 11) is 1.41. The van der Waals surface area contributed by atoms with Crippen molar-refractivity contribution in [3.63, 3.8) is 0 Å². The summed E-state index contributed by atoms with van der Waals surface area (Å²) in [4.78, 5) is 11.1. The molecule has 0 atom stereocenters. The fourth-order valence-electron chi connectivity index (χ4n) is 2.22. The van der Waals surface area contributed by atoms with Gasteiger partial charge in [-0.15, -0.1) is 0 Å². The lowest BCUT2D eigenvalue weighted by molar-refractivity contribution is -0.134. The molecule has 0 rings (SSSR count). The van der Waals surface area contributed by atoms with Gasteiger partial charge in [-0.25, -0.2) is 4.79 Å². The van der Waals surface area contributed by atoms with Gasteiger partial charge in [-0.2, -0.15) is 0 Å². The molecule has 0 saturated carbocycles. The summed E-state index contributed by atoms with van der Waals surface area (Å²) >= 11 is 0. The van der Waals surface area contributed by atoms with Crippen LogP contribution in [-0.2, 0) is 9.53 Å². The first kappa shape index (κ1) is 21.4. The van der Waals surface area contributed by atoms with Crippen molar-refractivity contribution in [2.45, 2.75) is 73.1 Å². The van der Waals surface area contributed by atoms with Gasteiger partial charge in [-0.1, -0.05) is 40.5 Å². The molecular weight excluding hydrogens is 284 g/mol. The summed E-state index contributed by atoms with van der Waals surface area (Å²) in [5, 5.41) is 0. The van der Waals surface area contributed by atoms with Crippen LogP contribution in [0.5, 0.6) is 0 Å². The molecule has 2 heteroatoms. The van der Waals surface area contributed by atoms with E-state index in [-0.39, 0.29) is 5.97 Å². The normalized spacial score (nSPS) is 13.0. The van der Waals surface area contributed by atoms with Crippen molar-refractivity contribution in [1.82, 2.24) is 0 Å². The number of methoxy groups -OCH3 is 1. The summed E-state index contributed by atoms with van der Waals surface area (Å²) in [6.07, 6.45) is 14.9. The first-order chi connectivity index (χ1) is 10.8. The quantitative estimate of drug-likeness (QED) is 0.268. The molecule has 0 N–H and O–H groups in total. The van der Waals surface area contributed by atoms with Crippen LogP contribution in [0.3, 0.4) is 0 Å². The van der Waals surface area contributed by atoms with Gasteiger partial charge in [0.1, 0.15) is 0 Å². The van der Waals surface area contributed by atoms with Gasteiger partial charge in [0.15, 0.2) is 0 Å². The number of esters is 1. The van der Waals surface area contributed by atoms with Crippen molar-refractivity contribution in [1.29, 1.82) is 0 Å². The third-order valence-corrected chi connectivity index (χ3v) is 3.72. The summed E-state index contributed by atoms with van der Waals surface area (Å²) in [6.45, 7) is 10.7. The van der Waals surface area contributed by atoms with Gasteiger partial charge in [0.2, 0.25) is 0 Å². The molecule has 0 radical (unpaired) electrons. The highest BCUT2D eigenvalue weighted by Gasteiger charge is 1.96. The Morgan fingerprint density at radius 1 is 0.739 bits per heavy atom. The van der Waals surface area contributed by atoms with Crippen molar-refractivity contribution in [3.8, 4) is 0 Å². The number of carbonyl (C=O) groups is 1. The summed E-state index contributed by atoms with van der Waals surface area (Å²) in [5.74, 6) is -0.267. The third kappa shape index (κ3) is 13.8. The molecule has 0 saturated heterocycles.